The van der Waals surface area contributed by atoms with Crippen LogP contribution in [0.5, 0.6) is 11.5 Å². The van der Waals surface area contributed by atoms with E-state index in [-0.39, 0.29) is 16.7 Å². The first-order valence-electron chi connectivity index (χ1n) is 12.1. The largest absolute Gasteiger partial charge is 0.504 e. The zero-order valence-electron chi connectivity index (χ0n) is 20.6. The Morgan fingerprint density at radius 3 is 2.30 bits per heavy atom. The molecule has 3 aromatic rings. The Hall–Kier alpha value is -4.49. The van der Waals surface area contributed by atoms with Gasteiger partial charge in [0.1, 0.15) is 37.4 Å². The summed E-state index contributed by atoms with van der Waals surface area (Å²) in [6.45, 7) is -0.666. The molecule has 2 aliphatic rings. The van der Waals surface area contributed by atoms with E-state index in [0.717, 1.165) is 0 Å². The number of ketones is 1. The second-order valence-corrected chi connectivity index (χ2v) is 9.34. The number of allylic oxidation sites excluding steroid dienone is 1. The van der Waals surface area contributed by atoms with Crippen molar-refractivity contribution in [2.75, 3.05) is 6.61 Å². The van der Waals surface area contributed by atoms with Crippen molar-refractivity contribution in [2.24, 2.45) is 0 Å². The molecule has 0 saturated carbocycles. The quantitative estimate of drug-likeness (QED) is 0.183. The number of Topliss-reactive ketones (excluding diaryl/α,β-unsaturated/α-hetero) is 1. The van der Waals surface area contributed by atoms with Crippen molar-refractivity contribution in [1.82, 2.24) is 0 Å². The molecule has 40 heavy (non-hydrogen) atoms. The van der Waals surface area contributed by atoms with Gasteiger partial charge in [-0.15, -0.1) is 0 Å². The lowest BCUT2D eigenvalue weighted by atomic mass is 9.86. The van der Waals surface area contributed by atoms with Crippen molar-refractivity contribution in [3.05, 3.63) is 65.4 Å². The fraction of sp³-hybridized carbons (Fsp3) is 0.250. The molecule has 1 aliphatic heterocycles. The van der Waals surface area contributed by atoms with Crippen molar-refractivity contribution in [3.8, 4) is 22.6 Å². The standard InChI is InChI=1S/C28H24O12/c29-16-8-13-9-17(30)27(22-14(12-4-2-1-3-5-12)6-7-15(21(13)22)23(16)34)40-28-26(37)25(36)24(35)18(39-28)11-38-20(33)10-19(31)32/h1-9,18,24-26,28-30,35-37H,10-11H2,(H,31,32). The molecule has 0 spiro atoms. The third-order valence-corrected chi connectivity index (χ3v) is 6.71. The van der Waals surface area contributed by atoms with E-state index >= 15 is 0 Å². The van der Waals surface area contributed by atoms with Gasteiger partial charge in [0.25, 0.3) is 0 Å². The third-order valence-electron chi connectivity index (χ3n) is 6.71. The lowest BCUT2D eigenvalue weighted by Crippen LogP contribution is -2.60. The third kappa shape index (κ3) is 4.84. The number of esters is 1. The Kier molecular flexibility index (Phi) is 7.17. The maximum atomic E-state index is 12.8. The number of carboxylic acids is 1. The Morgan fingerprint density at radius 1 is 0.900 bits per heavy atom. The van der Waals surface area contributed by atoms with E-state index in [2.05, 4.69) is 0 Å². The first-order valence-corrected chi connectivity index (χ1v) is 12.1. The first-order chi connectivity index (χ1) is 19.1. The molecule has 1 fully saturated rings. The van der Waals surface area contributed by atoms with Gasteiger partial charge in [0.2, 0.25) is 12.1 Å². The number of phenolic OH excluding ortho intramolecular Hbond substituents is 1. The number of carbonyl (C=O) groups is 3. The lowest BCUT2D eigenvalue weighted by Gasteiger charge is -2.40. The summed E-state index contributed by atoms with van der Waals surface area (Å²) in [7, 11) is 0. The summed E-state index contributed by atoms with van der Waals surface area (Å²) >= 11 is 0. The molecular formula is C28H24O12. The van der Waals surface area contributed by atoms with Crippen LogP contribution in [0, 0.1) is 0 Å². The zero-order chi connectivity index (χ0) is 28.7. The molecule has 1 saturated heterocycles. The number of ether oxygens (including phenoxy) is 3. The van der Waals surface area contributed by atoms with Crippen molar-refractivity contribution in [3.63, 3.8) is 0 Å². The van der Waals surface area contributed by atoms with Gasteiger partial charge in [0.05, 0.1) is 0 Å². The van der Waals surface area contributed by atoms with E-state index in [4.69, 9.17) is 19.3 Å². The zero-order valence-corrected chi connectivity index (χ0v) is 20.6. The van der Waals surface area contributed by atoms with Crippen LogP contribution in [0.2, 0.25) is 0 Å². The van der Waals surface area contributed by atoms with Gasteiger partial charge in [-0.05, 0) is 34.9 Å². The number of aliphatic carboxylic acids is 1. The molecule has 12 heteroatoms. The van der Waals surface area contributed by atoms with Gasteiger partial charge in [0, 0.05) is 16.3 Å². The fourth-order valence-electron chi connectivity index (χ4n) is 4.80. The highest BCUT2D eigenvalue weighted by atomic mass is 16.7. The van der Waals surface area contributed by atoms with E-state index in [1.807, 2.05) is 0 Å². The van der Waals surface area contributed by atoms with Crippen molar-refractivity contribution >= 4 is 34.6 Å². The second kappa shape index (κ2) is 10.6. The van der Waals surface area contributed by atoms with Gasteiger partial charge in [-0.3, -0.25) is 14.4 Å². The summed E-state index contributed by atoms with van der Waals surface area (Å²) in [6, 6.07) is 13.3. The molecule has 3 aromatic carbocycles. The normalized spacial score (nSPS) is 23.9. The van der Waals surface area contributed by atoms with Crippen LogP contribution in [0.15, 0.2) is 54.3 Å². The van der Waals surface area contributed by atoms with Crippen LogP contribution < -0.4 is 4.74 Å². The van der Waals surface area contributed by atoms with E-state index in [1.165, 1.54) is 18.2 Å². The van der Waals surface area contributed by atoms with Crippen LogP contribution in [0.4, 0.5) is 0 Å². The van der Waals surface area contributed by atoms with E-state index < -0.39 is 73.0 Å². The minimum absolute atomic E-state index is 0.137. The smallest absolute Gasteiger partial charge is 0.317 e. The Balaban J connectivity index is 1.58. The molecule has 6 N–H and O–H groups in total. The number of carboxylic acid groups (broad SMARTS) is 1. The van der Waals surface area contributed by atoms with Gasteiger partial charge >= 0.3 is 11.9 Å². The average molecular weight is 552 g/mol. The summed E-state index contributed by atoms with van der Waals surface area (Å²) in [6.07, 6.45) is -8.27. The lowest BCUT2D eigenvalue weighted by molar-refractivity contribution is -0.278. The van der Waals surface area contributed by atoms with Crippen molar-refractivity contribution in [1.29, 1.82) is 0 Å². The molecule has 5 atom stereocenters. The number of carbonyl (C=O) groups excluding carboxylic acids is 2. The molecule has 1 aliphatic carbocycles. The highest BCUT2D eigenvalue weighted by Crippen LogP contribution is 2.47. The predicted octanol–water partition coefficient (Wildman–Crippen LogP) is 1.51. The van der Waals surface area contributed by atoms with Gasteiger partial charge < -0.3 is 44.8 Å². The Bertz CT molecular complexity index is 1530. The van der Waals surface area contributed by atoms with Gasteiger partial charge in [-0.2, -0.15) is 0 Å². The molecule has 12 nitrogen and oxygen atoms in total. The van der Waals surface area contributed by atoms with Crippen molar-refractivity contribution in [2.45, 2.75) is 37.1 Å². The van der Waals surface area contributed by atoms with Gasteiger partial charge in [-0.1, -0.05) is 36.4 Å². The Labute approximate surface area is 225 Å². The van der Waals surface area contributed by atoms with Gasteiger partial charge in [-0.25, -0.2) is 0 Å². The van der Waals surface area contributed by atoms with Crippen LogP contribution in [0.3, 0.4) is 0 Å². The SMILES string of the molecule is O=C(O)CC(=O)OCC1OC(Oc2c(O)cc3c4c(ccc(-c5ccccc5)c24)C(=O)C(O)=C3)C(O)C(O)C1O. The molecule has 1 heterocycles. The highest BCUT2D eigenvalue weighted by molar-refractivity contribution is 6.24. The average Bonchev–Trinajstić information content (AvgIpc) is 2.92. The maximum absolute atomic E-state index is 12.8. The van der Waals surface area contributed by atoms with E-state index in [0.29, 0.717) is 22.1 Å². The molecule has 0 aromatic heterocycles. The van der Waals surface area contributed by atoms with E-state index in [1.54, 1.807) is 36.4 Å². The molecule has 0 amide bonds. The van der Waals surface area contributed by atoms with Crippen molar-refractivity contribution < 1.29 is 59.2 Å². The van der Waals surface area contributed by atoms with E-state index in [9.17, 15) is 39.9 Å². The molecular weight excluding hydrogens is 528 g/mol. The molecule has 0 bridgehead atoms. The molecule has 208 valence electrons. The van der Waals surface area contributed by atoms with Crippen LogP contribution >= 0.6 is 0 Å². The number of benzene rings is 3. The summed E-state index contributed by atoms with van der Waals surface area (Å²) in [5, 5.41) is 62.0. The van der Waals surface area contributed by atoms with Crippen LogP contribution in [0.1, 0.15) is 22.3 Å². The number of hydrogen-bond donors (Lipinski definition) is 6. The van der Waals surface area contributed by atoms with Crippen LogP contribution in [-0.2, 0) is 19.1 Å². The predicted molar refractivity (Wildman–Crippen MR) is 137 cm³/mol. The summed E-state index contributed by atoms with van der Waals surface area (Å²) in [4.78, 5) is 35.2. The fourth-order valence-corrected chi connectivity index (χ4v) is 4.80. The summed E-state index contributed by atoms with van der Waals surface area (Å²) in [5.41, 5.74) is 1.68. The molecule has 5 unspecified atom stereocenters. The number of phenols is 1. The number of aromatic hydroxyl groups is 1. The topological polar surface area (TPSA) is 200 Å². The van der Waals surface area contributed by atoms with Crippen LogP contribution in [-0.4, -0.2) is 85.7 Å². The highest BCUT2D eigenvalue weighted by Gasteiger charge is 2.46. The molecule has 5 rings (SSSR count). The minimum Gasteiger partial charge on any atom is -0.504 e. The van der Waals surface area contributed by atoms with Crippen LogP contribution in [0.25, 0.3) is 28.0 Å². The Morgan fingerprint density at radius 2 is 1.60 bits per heavy atom. The number of rotatable bonds is 7. The molecule has 0 radical (unpaired) electrons. The second-order valence-electron chi connectivity index (χ2n) is 9.34. The summed E-state index contributed by atoms with van der Waals surface area (Å²) < 4.78 is 16.3. The summed E-state index contributed by atoms with van der Waals surface area (Å²) in [5.74, 6) is -4.38. The van der Waals surface area contributed by atoms with Gasteiger partial charge in [0.15, 0.2) is 17.3 Å². The maximum Gasteiger partial charge on any atom is 0.317 e. The first kappa shape index (κ1) is 27.1. The number of aliphatic hydroxyl groups excluding tert-OH is 4. The number of aliphatic hydroxyl groups is 4. The number of hydrogen-bond acceptors (Lipinski definition) is 11. The minimum atomic E-state index is -1.84. The monoisotopic (exact) mass is 552 g/mol.